The molecule has 2 N–H and O–H groups in total. The zero-order chi connectivity index (χ0) is 19.7. The maximum atomic E-state index is 12.8. The van der Waals surface area contributed by atoms with E-state index in [2.05, 4.69) is 15.4 Å². The molecule has 152 valence electrons. The van der Waals surface area contributed by atoms with Crippen molar-refractivity contribution in [1.29, 1.82) is 0 Å². The SMILES string of the molecule is O=C(CCNC(=O)C12CC3CC(CC(C3)C1)C2)Nc1ccc(OC(F)F)cc1. The average molecular weight is 392 g/mol. The standard InChI is InChI=1S/C21H26F2N2O3/c22-20(23)28-17-3-1-16(2-4-17)25-18(26)5-6-24-19(27)21-10-13-7-14(11-21)9-15(8-13)12-21/h1-4,13-15,20H,5-12H2,(H,24,27)(H,25,26). The summed E-state index contributed by atoms with van der Waals surface area (Å²) < 4.78 is 28.6. The van der Waals surface area contributed by atoms with Gasteiger partial charge in [-0.1, -0.05) is 0 Å². The number of benzene rings is 1. The normalized spacial score (nSPS) is 30.3. The van der Waals surface area contributed by atoms with Crippen molar-refractivity contribution in [3.63, 3.8) is 0 Å². The molecule has 0 saturated heterocycles. The molecule has 1 aromatic carbocycles. The fourth-order valence-electron chi connectivity index (χ4n) is 5.81. The maximum Gasteiger partial charge on any atom is 0.387 e. The molecule has 4 fully saturated rings. The van der Waals surface area contributed by atoms with Crippen LogP contribution in [0, 0.1) is 23.2 Å². The molecular weight excluding hydrogens is 366 g/mol. The first-order valence-electron chi connectivity index (χ1n) is 10.0. The van der Waals surface area contributed by atoms with Gasteiger partial charge in [0.25, 0.3) is 0 Å². The number of hydrogen-bond donors (Lipinski definition) is 2. The van der Waals surface area contributed by atoms with Crippen LogP contribution in [-0.4, -0.2) is 25.0 Å². The monoisotopic (exact) mass is 392 g/mol. The van der Waals surface area contributed by atoms with Crippen LogP contribution in [0.1, 0.15) is 44.9 Å². The summed E-state index contributed by atoms with van der Waals surface area (Å²) in [6, 6.07) is 5.75. The molecule has 4 aliphatic carbocycles. The van der Waals surface area contributed by atoms with Crippen LogP contribution in [0.5, 0.6) is 5.75 Å². The van der Waals surface area contributed by atoms with Crippen molar-refractivity contribution >= 4 is 17.5 Å². The van der Waals surface area contributed by atoms with Gasteiger partial charge in [-0.05, 0) is 80.5 Å². The van der Waals surface area contributed by atoms with Crippen molar-refractivity contribution in [3.05, 3.63) is 24.3 Å². The van der Waals surface area contributed by atoms with Gasteiger partial charge in [0.05, 0.1) is 0 Å². The summed E-state index contributed by atoms with van der Waals surface area (Å²) >= 11 is 0. The van der Waals surface area contributed by atoms with E-state index in [1.807, 2.05) is 0 Å². The summed E-state index contributed by atoms with van der Waals surface area (Å²) in [5, 5.41) is 5.68. The van der Waals surface area contributed by atoms with Gasteiger partial charge in [0, 0.05) is 24.1 Å². The Bertz CT molecular complexity index is 700. The molecule has 28 heavy (non-hydrogen) atoms. The maximum absolute atomic E-state index is 12.8. The van der Waals surface area contributed by atoms with E-state index < -0.39 is 6.61 Å². The van der Waals surface area contributed by atoms with Crippen LogP contribution in [0.15, 0.2) is 24.3 Å². The molecule has 4 bridgehead atoms. The third-order valence-electron chi connectivity index (χ3n) is 6.52. The number of carbonyl (C=O) groups is 2. The second kappa shape index (κ2) is 7.68. The van der Waals surface area contributed by atoms with Gasteiger partial charge in [-0.2, -0.15) is 8.78 Å². The molecule has 4 saturated carbocycles. The Morgan fingerprint density at radius 3 is 2.14 bits per heavy atom. The van der Waals surface area contributed by atoms with Gasteiger partial charge < -0.3 is 15.4 Å². The second-order valence-electron chi connectivity index (χ2n) is 8.65. The number of rotatable bonds is 7. The van der Waals surface area contributed by atoms with Crippen LogP contribution in [0.2, 0.25) is 0 Å². The summed E-state index contributed by atoms with van der Waals surface area (Å²) in [6.45, 7) is -2.57. The van der Waals surface area contributed by atoms with Gasteiger partial charge >= 0.3 is 6.61 Å². The summed E-state index contributed by atoms with van der Waals surface area (Å²) in [7, 11) is 0. The van der Waals surface area contributed by atoms with Crippen LogP contribution in [0.25, 0.3) is 0 Å². The molecule has 0 atom stereocenters. The Balaban J connectivity index is 1.23. The number of nitrogens with one attached hydrogen (secondary N) is 2. The Morgan fingerprint density at radius 1 is 1.04 bits per heavy atom. The van der Waals surface area contributed by atoms with Crippen molar-refractivity contribution in [3.8, 4) is 5.75 Å². The number of anilines is 1. The molecule has 5 nitrogen and oxygen atoms in total. The summed E-state index contributed by atoms with van der Waals surface area (Å²) in [6.07, 6.45) is 7.05. The highest BCUT2D eigenvalue weighted by atomic mass is 19.3. The van der Waals surface area contributed by atoms with Crippen LogP contribution in [0.3, 0.4) is 0 Å². The third kappa shape index (κ3) is 4.13. The summed E-state index contributed by atoms with van der Waals surface area (Å²) in [5.74, 6) is 2.05. The number of amides is 2. The van der Waals surface area contributed by atoms with Crippen molar-refractivity contribution < 1.29 is 23.1 Å². The molecule has 0 heterocycles. The van der Waals surface area contributed by atoms with Crippen molar-refractivity contribution in [2.75, 3.05) is 11.9 Å². The molecule has 4 aliphatic rings. The fraction of sp³-hybridized carbons (Fsp3) is 0.619. The molecular formula is C21H26F2N2O3. The summed E-state index contributed by atoms with van der Waals surface area (Å²) in [5.41, 5.74) is 0.296. The third-order valence-corrected chi connectivity index (χ3v) is 6.52. The van der Waals surface area contributed by atoms with Gasteiger partial charge in [0.1, 0.15) is 5.75 Å². The lowest BCUT2D eigenvalue weighted by Gasteiger charge is -2.55. The number of alkyl halides is 2. The lowest BCUT2D eigenvalue weighted by molar-refractivity contribution is -0.146. The van der Waals surface area contributed by atoms with Gasteiger partial charge in [-0.3, -0.25) is 9.59 Å². The van der Waals surface area contributed by atoms with Gasteiger partial charge in [0.2, 0.25) is 11.8 Å². The number of ether oxygens (including phenoxy) is 1. The minimum absolute atomic E-state index is 0.0378. The molecule has 0 unspecified atom stereocenters. The van der Waals surface area contributed by atoms with E-state index in [1.54, 1.807) is 0 Å². The molecule has 0 aliphatic heterocycles. The number of hydrogen-bond acceptors (Lipinski definition) is 3. The Kier molecular flexibility index (Phi) is 5.25. The van der Waals surface area contributed by atoms with E-state index in [4.69, 9.17) is 0 Å². The quantitative estimate of drug-likeness (QED) is 0.738. The first-order valence-corrected chi connectivity index (χ1v) is 10.0. The molecule has 7 heteroatoms. The van der Waals surface area contributed by atoms with Crippen LogP contribution in [0.4, 0.5) is 14.5 Å². The van der Waals surface area contributed by atoms with Crippen LogP contribution in [-0.2, 0) is 9.59 Å². The molecule has 0 spiro atoms. The van der Waals surface area contributed by atoms with Crippen molar-refractivity contribution in [2.45, 2.75) is 51.6 Å². The lowest BCUT2D eigenvalue weighted by Crippen LogP contribution is -2.53. The van der Waals surface area contributed by atoms with Gasteiger partial charge in [-0.15, -0.1) is 0 Å². The molecule has 2 amide bonds. The summed E-state index contributed by atoms with van der Waals surface area (Å²) in [4.78, 5) is 24.9. The highest BCUT2D eigenvalue weighted by Crippen LogP contribution is 2.60. The minimum Gasteiger partial charge on any atom is -0.435 e. The second-order valence-corrected chi connectivity index (χ2v) is 8.65. The van der Waals surface area contributed by atoms with Crippen LogP contribution < -0.4 is 15.4 Å². The first-order chi connectivity index (χ1) is 13.4. The van der Waals surface area contributed by atoms with E-state index in [0.29, 0.717) is 30.0 Å². The highest BCUT2D eigenvalue weighted by Gasteiger charge is 2.54. The Morgan fingerprint density at radius 2 is 1.61 bits per heavy atom. The van der Waals surface area contributed by atoms with E-state index in [-0.39, 0.29) is 29.4 Å². The minimum atomic E-state index is -2.88. The van der Waals surface area contributed by atoms with Gasteiger partial charge in [-0.25, -0.2) is 0 Å². The van der Waals surface area contributed by atoms with Crippen molar-refractivity contribution in [1.82, 2.24) is 5.32 Å². The molecule has 5 rings (SSSR count). The predicted octanol–water partition coefficient (Wildman–Crippen LogP) is 3.95. The van der Waals surface area contributed by atoms with Gasteiger partial charge in [0.15, 0.2) is 0 Å². The lowest BCUT2D eigenvalue weighted by atomic mass is 9.49. The Labute approximate surface area is 163 Å². The molecule has 1 aromatic rings. The smallest absolute Gasteiger partial charge is 0.387 e. The predicted molar refractivity (Wildman–Crippen MR) is 99.9 cm³/mol. The fourth-order valence-corrected chi connectivity index (χ4v) is 5.81. The topological polar surface area (TPSA) is 67.4 Å². The average Bonchev–Trinajstić information content (AvgIpc) is 2.61. The zero-order valence-electron chi connectivity index (χ0n) is 15.8. The van der Waals surface area contributed by atoms with E-state index in [1.165, 1.54) is 43.5 Å². The van der Waals surface area contributed by atoms with Crippen LogP contribution >= 0.6 is 0 Å². The Hall–Kier alpha value is -2.18. The number of carbonyl (C=O) groups excluding carboxylic acids is 2. The molecule has 0 radical (unpaired) electrons. The first kappa shape index (κ1) is 19.2. The van der Waals surface area contributed by atoms with E-state index in [0.717, 1.165) is 19.3 Å². The zero-order valence-corrected chi connectivity index (χ0v) is 15.8. The van der Waals surface area contributed by atoms with E-state index >= 15 is 0 Å². The molecule has 0 aromatic heterocycles. The highest BCUT2D eigenvalue weighted by molar-refractivity contribution is 5.91. The van der Waals surface area contributed by atoms with Crippen molar-refractivity contribution in [2.24, 2.45) is 23.2 Å². The largest absolute Gasteiger partial charge is 0.435 e. The van der Waals surface area contributed by atoms with E-state index in [9.17, 15) is 18.4 Å². The number of halogens is 2.